The third kappa shape index (κ3) is 3.55. The second-order valence-corrected chi connectivity index (χ2v) is 6.74. The first-order valence-electron chi connectivity index (χ1n) is 9.01. The zero-order valence-corrected chi connectivity index (χ0v) is 14.7. The van der Waals surface area contributed by atoms with E-state index in [1.165, 1.54) is 0 Å². The first-order chi connectivity index (χ1) is 13.1. The van der Waals surface area contributed by atoms with E-state index in [9.17, 15) is 9.59 Å². The Morgan fingerprint density at radius 3 is 2.85 bits per heavy atom. The zero-order valence-electron chi connectivity index (χ0n) is 14.7. The number of nitrogens with one attached hydrogen (secondary N) is 1. The van der Waals surface area contributed by atoms with Crippen LogP contribution in [0.15, 0.2) is 35.3 Å². The van der Waals surface area contributed by atoms with Gasteiger partial charge < -0.3 is 14.8 Å². The van der Waals surface area contributed by atoms with Gasteiger partial charge in [0.15, 0.2) is 12.3 Å². The molecule has 1 fully saturated rings. The van der Waals surface area contributed by atoms with Crippen LogP contribution in [-0.2, 0) is 11.2 Å². The lowest BCUT2D eigenvalue weighted by Gasteiger charge is -2.12. The molecule has 2 heterocycles. The van der Waals surface area contributed by atoms with Crippen LogP contribution in [0.25, 0.3) is 11.0 Å². The Balaban J connectivity index is 1.68. The Kier molecular flexibility index (Phi) is 4.62. The Morgan fingerprint density at radius 1 is 1.30 bits per heavy atom. The minimum absolute atomic E-state index is 0.219. The molecule has 0 amide bonds. The van der Waals surface area contributed by atoms with Crippen molar-refractivity contribution in [2.24, 2.45) is 0 Å². The van der Waals surface area contributed by atoms with Crippen LogP contribution >= 0.6 is 0 Å². The van der Waals surface area contributed by atoms with Gasteiger partial charge in [0, 0.05) is 12.0 Å². The van der Waals surface area contributed by atoms with Gasteiger partial charge in [0.25, 0.3) is 5.56 Å². The van der Waals surface area contributed by atoms with Gasteiger partial charge in [-0.2, -0.15) is 5.10 Å². The molecule has 0 spiro atoms. The Hall–Kier alpha value is -3.16. The van der Waals surface area contributed by atoms with Crippen molar-refractivity contribution in [3.63, 3.8) is 0 Å². The summed E-state index contributed by atoms with van der Waals surface area (Å²) in [7, 11) is 0. The number of rotatable bonds is 6. The summed E-state index contributed by atoms with van der Waals surface area (Å²) in [6, 6.07) is 7.43. The summed E-state index contributed by atoms with van der Waals surface area (Å²) in [5.74, 6) is -0.0798. The van der Waals surface area contributed by atoms with E-state index in [0.29, 0.717) is 29.0 Å². The first-order valence-corrected chi connectivity index (χ1v) is 9.01. The highest BCUT2D eigenvalue weighted by molar-refractivity contribution is 5.73. The van der Waals surface area contributed by atoms with Gasteiger partial charge in [-0.1, -0.05) is 31.0 Å². The summed E-state index contributed by atoms with van der Waals surface area (Å²) in [5.41, 5.74) is 1.14. The number of aliphatic carboxylic acids is 1. The minimum atomic E-state index is -1.04. The molecule has 0 saturated heterocycles. The van der Waals surface area contributed by atoms with E-state index in [-0.39, 0.29) is 11.6 Å². The number of aromatic amines is 1. The third-order valence-corrected chi connectivity index (χ3v) is 4.86. The van der Waals surface area contributed by atoms with E-state index in [1.54, 1.807) is 18.3 Å². The van der Waals surface area contributed by atoms with Crippen molar-refractivity contribution in [3.05, 3.63) is 52.2 Å². The molecule has 8 nitrogen and oxygen atoms in total. The number of fused-ring (bicyclic) bond motifs is 1. The maximum atomic E-state index is 12.5. The maximum Gasteiger partial charge on any atom is 0.341 e. The molecule has 0 bridgehead atoms. The number of benzene rings is 1. The van der Waals surface area contributed by atoms with Crippen molar-refractivity contribution in [1.29, 1.82) is 0 Å². The molecule has 2 aromatic heterocycles. The number of carbonyl (C=O) groups is 1. The van der Waals surface area contributed by atoms with Crippen LogP contribution in [0, 0.1) is 0 Å². The molecule has 1 aliphatic carbocycles. The van der Waals surface area contributed by atoms with Gasteiger partial charge in [-0.05, 0) is 18.9 Å². The summed E-state index contributed by atoms with van der Waals surface area (Å²) in [4.78, 5) is 30.7. The van der Waals surface area contributed by atoms with Gasteiger partial charge in [0.1, 0.15) is 17.0 Å². The zero-order chi connectivity index (χ0) is 18.8. The molecule has 4 rings (SSSR count). The molecule has 140 valence electrons. The Morgan fingerprint density at radius 2 is 2.07 bits per heavy atom. The fourth-order valence-electron chi connectivity index (χ4n) is 3.59. The van der Waals surface area contributed by atoms with E-state index in [4.69, 9.17) is 9.84 Å². The van der Waals surface area contributed by atoms with Crippen molar-refractivity contribution < 1.29 is 14.6 Å². The summed E-state index contributed by atoms with van der Waals surface area (Å²) in [6.07, 6.45) is 6.33. The monoisotopic (exact) mass is 368 g/mol. The van der Waals surface area contributed by atoms with Crippen molar-refractivity contribution in [3.8, 4) is 5.75 Å². The number of carboxylic acids is 1. The van der Waals surface area contributed by atoms with E-state index in [1.807, 2.05) is 16.8 Å². The Labute approximate surface area is 154 Å². The molecule has 8 heteroatoms. The largest absolute Gasteiger partial charge is 0.482 e. The van der Waals surface area contributed by atoms with Gasteiger partial charge in [-0.3, -0.25) is 4.79 Å². The van der Waals surface area contributed by atoms with E-state index in [0.717, 1.165) is 31.2 Å². The molecular weight excluding hydrogens is 348 g/mol. The van der Waals surface area contributed by atoms with E-state index < -0.39 is 12.6 Å². The molecule has 0 unspecified atom stereocenters. The highest BCUT2D eigenvalue weighted by atomic mass is 16.5. The molecule has 0 atom stereocenters. The van der Waals surface area contributed by atoms with Crippen LogP contribution in [-0.4, -0.2) is 37.4 Å². The maximum absolute atomic E-state index is 12.5. The molecule has 1 saturated carbocycles. The van der Waals surface area contributed by atoms with E-state index in [2.05, 4.69) is 15.1 Å². The predicted molar refractivity (Wildman–Crippen MR) is 98.0 cm³/mol. The molecular formula is C19H20N4O4. The Bertz CT molecular complexity index is 1030. The number of hydrogen-bond acceptors (Lipinski definition) is 5. The van der Waals surface area contributed by atoms with Crippen molar-refractivity contribution >= 4 is 17.0 Å². The van der Waals surface area contributed by atoms with Gasteiger partial charge in [-0.25, -0.2) is 14.5 Å². The van der Waals surface area contributed by atoms with Gasteiger partial charge in [0.2, 0.25) is 0 Å². The van der Waals surface area contributed by atoms with Gasteiger partial charge >= 0.3 is 5.97 Å². The van der Waals surface area contributed by atoms with Crippen LogP contribution in [0.3, 0.4) is 0 Å². The SMILES string of the molecule is O=C(O)COc1ccccc1Cc1nc2c(cnn2C2CCCC2)c(=O)[nH]1. The van der Waals surface area contributed by atoms with Gasteiger partial charge in [-0.15, -0.1) is 0 Å². The van der Waals surface area contributed by atoms with Crippen LogP contribution in [0.1, 0.15) is 43.1 Å². The number of carboxylic acid groups (broad SMARTS) is 1. The molecule has 2 N–H and O–H groups in total. The fraction of sp³-hybridized carbons (Fsp3) is 0.368. The number of ether oxygens (including phenoxy) is 1. The molecule has 1 aromatic carbocycles. The topological polar surface area (TPSA) is 110 Å². The molecule has 0 aliphatic heterocycles. The molecule has 0 radical (unpaired) electrons. The highest BCUT2D eigenvalue weighted by Gasteiger charge is 2.21. The summed E-state index contributed by atoms with van der Waals surface area (Å²) in [6.45, 7) is -0.422. The highest BCUT2D eigenvalue weighted by Crippen LogP contribution is 2.30. The summed E-state index contributed by atoms with van der Waals surface area (Å²) < 4.78 is 7.21. The lowest BCUT2D eigenvalue weighted by molar-refractivity contribution is -0.139. The van der Waals surface area contributed by atoms with Crippen LogP contribution < -0.4 is 10.3 Å². The number of nitrogens with zero attached hydrogens (tertiary/aromatic N) is 3. The van der Waals surface area contributed by atoms with Crippen molar-refractivity contribution in [1.82, 2.24) is 19.7 Å². The number of hydrogen-bond donors (Lipinski definition) is 2. The fourth-order valence-corrected chi connectivity index (χ4v) is 3.59. The van der Waals surface area contributed by atoms with Crippen LogP contribution in [0.2, 0.25) is 0 Å². The quantitative estimate of drug-likeness (QED) is 0.691. The second kappa shape index (κ2) is 7.22. The average Bonchev–Trinajstić information content (AvgIpc) is 3.30. The van der Waals surface area contributed by atoms with Crippen LogP contribution in [0.5, 0.6) is 5.75 Å². The molecule has 3 aromatic rings. The number of para-hydroxylation sites is 1. The predicted octanol–water partition coefficient (Wildman–Crippen LogP) is 2.29. The van der Waals surface area contributed by atoms with Gasteiger partial charge in [0.05, 0.1) is 12.2 Å². The standard InChI is InChI=1S/C19H20N4O4/c24-17(25)11-27-15-8-4-1-5-12(15)9-16-21-18-14(19(26)22-16)10-20-23(18)13-6-2-3-7-13/h1,4-5,8,10,13H,2-3,6-7,9,11H2,(H,24,25)(H,21,22,26). The molecule has 27 heavy (non-hydrogen) atoms. The lowest BCUT2D eigenvalue weighted by atomic mass is 10.1. The average molecular weight is 368 g/mol. The summed E-state index contributed by atoms with van der Waals surface area (Å²) in [5, 5.41) is 13.7. The van der Waals surface area contributed by atoms with Crippen molar-refractivity contribution in [2.45, 2.75) is 38.1 Å². The third-order valence-electron chi connectivity index (χ3n) is 4.86. The normalized spacial score (nSPS) is 14.7. The molecule has 1 aliphatic rings. The first kappa shape index (κ1) is 17.3. The summed E-state index contributed by atoms with van der Waals surface area (Å²) >= 11 is 0. The number of aromatic nitrogens is 4. The van der Waals surface area contributed by atoms with E-state index >= 15 is 0 Å². The second-order valence-electron chi connectivity index (χ2n) is 6.74. The minimum Gasteiger partial charge on any atom is -0.482 e. The van der Waals surface area contributed by atoms with Crippen molar-refractivity contribution in [2.75, 3.05) is 6.61 Å². The van der Waals surface area contributed by atoms with Crippen LogP contribution in [0.4, 0.5) is 0 Å². The lowest BCUT2D eigenvalue weighted by Crippen LogP contribution is -2.15. The number of H-pyrrole nitrogens is 1. The smallest absolute Gasteiger partial charge is 0.341 e.